The van der Waals surface area contributed by atoms with Gasteiger partial charge < -0.3 is 4.74 Å². The van der Waals surface area contributed by atoms with E-state index >= 15 is 0 Å². The molecule has 3 aromatic rings. The predicted octanol–water partition coefficient (Wildman–Crippen LogP) is 5.43. The van der Waals surface area contributed by atoms with Gasteiger partial charge in [0.1, 0.15) is 5.75 Å². The Hall–Kier alpha value is -3.29. The maximum absolute atomic E-state index is 12.6. The zero-order chi connectivity index (χ0) is 20.1. The molecule has 0 radical (unpaired) electrons. The van der Waals surface area contributed by atoms with E-state index in [-0.39, 0.29) is 22.6 Å². The van der Waals surface area contributed by atoms with Crippen LogP contribution in [0.2, 0.25) is 5.02 Å². The summed E-state index contributed by atoms with van der Waals surface area (Å²) in [6.45, 7) is 0. The lowest BCUT2D eigenvalue weighted by molar-refractivity contribution is -0.384. The fourth-order valence-corrected chi connectivity index (χ4v) is 3.11. The topological polar surface area (TPSA) is 86.5 Å². The highest BCUT2D eigenvalue weighted by Crippen LogP contribution is 2.26. The number of rotatable bonds is 6. The van der Waals surface area contributed by atoms with Gasteiger partial charge in [0.05, 0.1) is 16.1 Å². The number of halogens is 1. The number of carbonyl (C=O) groups is 2. The minimum atomic E-state index is -0.817. The van der Waals surface area contributed by atoms with Crippen molar-refractivity contribution in [1.82, 2.24) is 0 Å². The smallest absolute Gasteiger partial charge is 0.343 e. The summed E-state index contributed by atoms with van der Waals surface area (Å²) in [5.41, 5.74) is -0.128. The summed E-state index contributed by atoms with van der Waals surface area (Å²) < 4.78 is 5.31. The molecule has 0 aliphatic carbocycles. The number of hydrogen-bond donors (Lipinski definition) is 0. The Kier molecular flexibility index (Phi) is 5.98. The Morgan fingerprint density at radius 1 is 1.11 bits per heavy atom. The molecule has 140 valence electrons. The van der Waals surface area contributed by atoms with Gasteiger partial charge in [0, 0.05) is 22.0 Å². The van der Waals surface area contributed by atoms with E-state index in [0.29, 0.717) is 5.02 Å². The van der Waals surface area contributed by atoms with Gasteiger partial charge in [-0.2, -0.15) is 0 Å². The van der Waals surface area contributed by atoms with Crippen molar-refractivity contribution in [1.29, 1.82) is 0 Å². The number of non-ortho nitro benzene ring substituents is 1. The lowest BCUT2D eigenvalue weighted by Crippen LogP contribution is -2.11. The van der Waals surface area contributed by atoms with Crippen LogP contribution in [0.4, 0.5) is 5.69 Å². The zero-order valence-electron chi connectivity index (χ0n) is 14.2. The third kappa shape index (κ3) is 4.70. The summed E-state index contributed by atoms with van der Waals surface area (Å²) in [4.78, 5) is 36.1. The lowest BCUT2D eigenvalue weighted by Gasteiger charge is -2.09. The van der Waals surface area contributed by atoms with E-state index in [4.69, 9.17) is 16.3 Å². The molecule has 28 heavy (non-hydrogen) atoms. The molecule has 0 atom stereocenters. The molecule has 0 aliphatic rings. The Morgan fingerprint density at radius 2 is 1.93 bits per heavy atom. The largest absolute Gasteiger partial charge is 0.422 e. The molecule has 0 N–H and O–H groups in total. The van der Waals surface area contributed by atoms with E-state index in [0.717, 1.165) is 10.9 Å². The monoisotopic (exact) mass is 413 g/mol. The molecular formula is C20H12ClNO5S. The molecule has 0 bridgehead atoms. The fraction of sp³-hybridized carbons (Fsp3) is 0. The van der Waals surface area contributed by atoms with E-state index in [2.05, 4.69) is 0 Å². The summed E-state index contributed by atoms with van der Waals surface area (Å²) in [5, 5.41) is 13.1. The van der Waals surface area contributed by atoms with E-state index in [1.807, 2.05) is 17.5 Å². The molecule has 0 fully saturated rings. The molecule has 2 aromatic carbocycles. The summed E-state index contributed by atoms with van der Waals surface area (Å²) in [6, 6.07) is 13.2. The van der Waals surface area contributed by atoms with Gasteiger partial charge in [-0.15, -0.1) is 11.3 Å². The van der Waals surface area contributed by atoms with Gasteiger partial charge in [-0.25, -0.2) is 4.79 Å². The molecule has 0 saturated heterocycles. The first-order valence-corrected chi connectivity index (χ1v) is 9.22. The summed E-state index contributed by atoms with van der Waals surface area (Å²) in [7, 11) is 0. The van der Waals surface area contributed by atoms with Crippen LogP contribution in [0.25, 0.3) is 6.08 Å². The molecule has 0 unspecified atom stereocenters. The van der Waals surface area contributed by atoms with Crippen molar-refractivity contribution in [3.63, 3.8) is 0 Å². The van der Waals surface area contributed by atoms with E-state index in [1.54, 1.807) is 6.08 Å². The highest BCUT2D eigenvalue weighted by Gasteiger charge is 2.17. The fourth-order valence-electron chi connectivity index (χ4n) is 2.32. The first-order chi connectivity index (χ1) is 13.4. The summed E-state index contributed by atoms with van der Waals surface area (Å²) in [5.74, 6) is -1.19. The number of nitro benzene ring substituents is 1. The van der Waals surface area contributed by atoms with Gasteiger partial charge in [-0.05, 0) is 47.9 Å². The van der Waals surface area contributed by atoms with Crippen molar-refractivity contribution in [3.8, 4) is 5.75 Å². The number of ketones is 1. The van der Waals surface area contributed by atoms with E-state index in [9.17, 15) is 19.7 Å². The van der Waals surface area contributed by atoms with E-state index < -0.39 is 16.7 Å². The molecule has 1 aromatic heterocycles. The van der Waals surface area contributed by atoms with Gasteiger partial charge in [0.25, 0.3) is 5.69 Å². The van der Waals surface area contributed by atoms with Crippen LogP contribution in [0.1, 0.15) is 25.6 Å². The van der Waals surface area contributed by atoms with Crippen LogP contribution in [-0.2, 0) is 0 Å². The maximum Gasteiger partial charge on any atom is 0.343 e. The van der Waals surface area contributed by atoms with Crippen molar-refractivity contribution in [2.75, 3.05) is 0 Å². The molecule has 1 heterocycles. The second-order valence-electron chi connectivity index (χ2n) is 5.55. The molecule has 8 heteroatoms. The number of nitrogens with zero attached hydrogens (tertiary/aromatic N) is 1. The Balaban J connectivity index is 1.86. The first kappa shape index (κ1) is 19.5. The zero-order valence-corrected chi connectivity index (χ0v) is 15.8. The van der Waals surface area contributed by atoms with E-state index in [1.165, 1.54) is 53.8 Å². The van der Waals surface area contributed by atoms with Crippen LogP contribution in [0, 0.1) is 10.1 Å². The average molecular weight is 414 g/mol. The van der Waals surface area contributed by atoms with Crippen molar-refractivity contribution in [2.45, 2.75) is 0 Å². The third-order valence-electron chi connectivity index (χ3n) is 3.64. The van der Waals surface area contributed by atoms with Gasteiger partial charge in [-0.3, -0.25) is 14.9 Å². The van der Waals surface area contributed by atoms with Crippen LogP contribution < -0.4 is 4.74 Å². The second kappa shape index (κ2) is 8.60. The lowest BCUT2D eigenvalue weighted by atomic mass is 10.1. The number of ether oxygens (including phenoxy) is 1. The van der Waals surface area contributed by atoms with Crippen LogP contribution in [0.3, 0.4) is 0 Å². The summed E-state index contributed by atoms with van der Waals surface area (Å²) in [6.07, 6.45) is 3.02. The number of hydrogen-bond acceptors (Lipinski definition) is 6. The predicted molar refractivity (Wildman–Crippen MR) is 107 cm³/mol. The Bertz CT molecular complexity index is 1080. The van der Waals surface area contributed by atoms with Gasteiger partial charge >= 0.3 is 5.97 Å². The average Bonchev–Trinajstić information content (AvgIpc) is 3.21. The second-order valence-corrected chi connectivity index (χ2v) is 6.97. The normalized spacial score (nSPS) is 10.8. The molecular weight excluding hydrogens is 402 g/mol. The van der Waals surface area contributed by atoms with Crippen LogP contribution >= 0.6 is 22.9 Å². The third-order valence-corrected chi connectivity index (χ3v) is 4.72. The first-order valence-electron chi connectivity index (χ1n) is 7.96. The minimum Gasteiger partial charge on any atom is -0.422 e. The molecule has 0 spiro atoms. The Morgan fingerprint density at radius 3 is 2.64 bits per heavy atom. The number of nitro groups is 1. The number of carbonyl (C=O) groups excluding carboxylic acids is 2. The minimum absolute atomic E-state index is 0.00308. The van der Waals surface area contributed by atoms with Crippen LogP contribution in [-0.4, -0.2) is 16.7 Å². The number of thiophene rings is 1. The Labute approximate surface area is 168 Å². The van der Waals surface area contributed by atoms with Crippen molar-refractivity contribution in [3.05, 3.63) is 97.2 Å². The van der Waals surface area contributed by atoms with Gasteiger partial charge in [0.15, 0.2) is 5.78 Å². The van der Waals surface area contributed by atoms with Crippen molar-refractivity contribution in [2.24, 2.45) is 0 Å². The standard InChI is InChI=1S/C20H12ClNO5S/c21-14-6-9-19(17(12-14)18(23)8-7-16-5-2-10-28-16)27-20(24)13-3-1-4-15(11-13)22(25)26/h1-12H. The quantitative estimate of drug-likeness (QED) is 0.134. The SMILES string of the molecule is O=C(Oc1ccc(Cl)cc1C(=O)C=Cc1cccs1)c1cccc([N+](=O)[O-])c1. The molecule has 0 saturated carbocycles. The van der Waals surface area contributed by atoms with Crippen molar-refractivity contribution < 1.29 is 19.2 Å². The van der Waals surface area contributed by atoms with Crippen LogP contribution in [0.15, 0.2) is 66.1 Å². The summed E-state index contributed by atoms with van der Waals surface area (Å²) >= 11 is 7.45. The van der Waals surface area contributed by atoms with Crippen LogP contribution in [0.5, 0.6) is 5.75 Å². The molecule has 0 aliphatic heterocycles. The number of allylic oxidation sites excluding steroid dienone is 1. The maximum atomic E-state index is 12.6. The highest BCUT2D eigenvalue weighted by atomic mass is 35.5. The highest BCUT2D eigenvalue weighted by molar-refractivity contribution is 7.10. The molecule has 3 rings (SSSR count). The number of benzene rings is 2. The molecule has 0 amide bonds. The number of esters is 1. The van der Waals surface area contributed by atoms with Gasteiger partial charge in [-0.1, -0.05) is 23.7 Å². The van der Waals surface area contributed by atoms with Gasteiger partial charge in [0.2, 0.25) is 0 Å². The van der Waals surface area contributed by atoms with Crippen molar-refractivity contribution >= 4 is 46.5 Å². The molecule has 6 nitrogen and oxygen atoms in total.